The van der Waals surface area contributed by atoms with Crippen molar-refractivity contribution in [3.63, 3.8) is 0 Å². The van der Waals surface area contributed by atoms with Crippen LogP contribution < -0.4 is 10.6 Å². The highest BCUT2D eigenvalue weighted by Gasteiger charge is 2.36. The molecule has 2 aliphatic rings. The van der Waals surface area contributed by atoms with Gasteiger partial charge in [-0.1, -0.05) is 18.2 Å². The number of fused-ring (bicyclic) bond motifs is 2. The zero-order valence-corrected chi connectivity index (χ0v) is 8.61. The van der Waals surface area contributed by atoms with Crippen LogP contribution in [0.5, 0.6) is 0 Å². The second kappa shape index (κ2) is 3.51. The monoisotopic (exact) mass is 204 g/mol. The maximum Gasteiger partial charge on any atom is 0.0803 e. The molecule has 0 aromatic heterocycles. The zero-order valence-electron chi connectivity index (χ0n) is 8.61. The quantitative estimate of drug-likeness (QED) is 0.638. The summed E-state index contributed by atoms with van der Waals surface area (Å²) in [4.78, 5) is 0. The van der Waals surface area contributed by atoms with Gasteiger partial charge in [-0.15, -0.1) is 0 Å². The van der Waals surface area contributed by atoms with E-state index in [0.717, 1.165) is 12.8 Å². The van der Waals surface area contributed by atoms with Crippen LogP contribution in [0.2, 0.25) is 0 Å². The first-order valence-electron chi connectivity index (χ1n) is 5.58. The predicted octanol–water partition coefficient (Wildman–Crippen LogP) is 0.951. The standard InChI is InChI=1S/C12H16N2O/c15-7-10-6-9-5-8-3-1-2-4-11(8)14-12(9)13-10/h1-4,9-10,12-15H,5-7H2/t9-,10+,12?/m0/s1. The molecule has 1 saturated heterocycles. The number of aliphatic hydroxyl groups excluding tert-OH is 1. The fourth-order valence-corrected chi connectivity index (χ4v) is 2.74. The number of hydrogen-bond acceptors (Lipinski definition) is 3. The summed E-state index contributed by atoms with van der Waals surface area (Å²) in [6.45, 7) is 0.241. The molecule has 2 heterocycles. The van der Waals surface area contributed by atoms with Crippen molar-refractivity contribution < 1.29 is 5.11 Å². The molecule has 0 bridgehead atoms. The highest BCUT2D eigenvalue weighted by Crippen LogP contribution is 2.33. The van der Waals surface area contributed by atoms with E-state index >= 15 is 0 Å². The molecular formula is C12H16N2O. The van der Waals surface area contributed by atoms with Crippen molar-refractivity contribution >= 4 is 5.69 Å². The molecule has 3 atom stereocenters. The minimum atomic E-state index is 0.241. The van der Waals surface area contributed by atoms with Crippen molar-refractivity contribution in [1.29, 1.82) is 0 Å². The average molecular weight is 204 g/mol. The van der Waals surface area contributed by atoms with E-state index in [1.54, 1.807) is 0 Å². The Balaban J connectivity index is 1.84. The average Bonchev–Trinajstić information content (AvgIpc) is 2.67. The van der Waals surface area contributed by atoms with E-state index in [-0.39, 0.29) is 12.6 Å². The molecule has 1 fully saturated rings. The fraction of sp³-hybridized carbons (Fsp3) is 0.500. The van der Waals surface area contributed by atoms with Crippen LogP contribution in [0.3, 0.4) is 0 Å². The van der Waals surface area contributed by atoms with E-state index in [0.29, 0.717) is 12.1 Å². The Bertz CT molecular complexity index is 333. The smallest absolute Gasteiger partial charge is 0.0803 e. The van der Waals surface area contributed by atoms with Gasteiger partial charge in [0.1, 0.15) is 0 Å². The number of nitrogens with one attached hydrogen (secondary N) is 2. The lowest BCUT2D eigenvalue weighted by Crippen LogP contribution is -2.41. The third-order valence-electron chi connectivity index (χ3n) is 3.50. The van der Waals surface area contributed by atoms with Gasteiger partial charge in [0.15, 0.2) is 0 Å². The summed E-state index contributed by atoms with van der Waals surface area (Å²) in [6.07, 6.45) is 2.54. The summed E-state index contributed by atoms with van der Waals surface area (Å²) in [7, 11) is 0. The Morgan fingerprint density at radius 2 is 2.20 bits per heavy atom. The van der Waals surface area contributed by atoms with E-state index < -0.39 is 0 Å². The van der Waals surface area contributed by atoms with Gasteiger partial charge < -0.3 is 10.4 Å². The SMILES string of the molecule is OC[C@H]1C[C@@H]2Cc3ccccc3NC2N1. The van der Waals surface area contributed by atoms with Crippen LogP contribution in [0.1, 0.15) is 12.0 Å². The molecule has 3 heteroatoms. The van der Waals surface area contributed by atoms with Gasteiger partial charge in [-0.2, -0.15) is 0 Å². The summed E-state index contributed by atoms with van der Waals surface area (Å²) in [5.74, 6) is 0.622. The van der Waals surface area contributed by atoms with Gasteiger partial charge >= 0.3 is 0 Å². The summed E-state index contributed by atoms with van der Waals surface area (Å²) >= 11 is 0. The van der Waals surface area contributed by atoms with Crippen LogP contribution in [0.15, 0.2) is 24.3 Å². The molecule has 2 aliphatic heterocycles. The highest BCUT2D eigenvalue weighted by molar-refractivity contribution is 5.54. The molecule has 0 aliphatic carbocycles. The third kappa shape index (κ3) is 1.52. The Labute approximate surface area is 89.5 Å². The Hall–Kier alpha value is -1.06. The molecule has 0 amide bonds. The number of aliphatic hydroxyl groups is 1. The van der Waals surface area contributed by atoms with Crippen LogP contribution in [0.25, 0.3) is 0 Å². The summed E-state index contributed by atoms with van der Waals surface area (Å²) < 4.78 is 0. The van der Waals surface area contributed by atoms with Crippen LogP contribution in [0.4, 0.5) is 5.69 Å². The zero-order chi connectivity index (χ0) is 10.3. The number of benzene rings is 1. The molecule has 15 heavy (non-hydrogen) atoms. The highest BCUT2D eigenvalue weighted by atomic mass is 16.3. The molecule has 0 radical (unpaired) electrons. The largest absolute Gasteiger partial charge is 0.395 e. The molecule has 1 aromatic rings. The van der Waals surface area contributed by atoms with E-state index in [1.807, 2.05) is 0 Å². The second-order valence-corrected chi connectivity index (χ2v) is 4.53. The topological polar surface area (TPSA) is 44.3 Å². The third-order valence-corrected chi connectivity index (χ3v) is 3.50. The van der Waals surface area contributed by atoms with Gasteiger partial charge in [-0.3, -0.25) is 5.32 Å². The molecule has 0 saturated carbocycles. The Morgan fingerprint density at radius 1 is 1.33 bits per heavy atom. The van der Waals surface area contributed by atoms with Gasteiger partial charge in [-0.25, -0.2) is 0 Å². The number of hydrogen-bond donors (Lipinski definition) is 3. The van der Waals surface area contributed by atoms with Crippen molar-refractivity contribution in [1.82, 2.24) is 5.32 Å². The van der Waals surface area contributed by atoms with Gasteiger partial charge in [0, 0.05) is 11.7 Å². The van der Waals surface area contributed by atoms with Crippen LogP contribution in [0, 0.1) is 5.92 Å². The number of rotatable bonds is 1. The molecule has 1 aromatic carbocycles. The first-order valence-corrected chi connectivity index (χ1v) is 5.58. The lowest BCUT2D eigenvalue weighted by molar-refractivity contribution is 0.251. The van der Waals surface area contributed by atoms with E-state index in [2.05, 4.69) is 34.9 Å². The van der Waals surface area contributed by atoms with Crippen LogP contribution >= 0.6 is 0 Å². The number of para-hydroxylation sites is 1. The van der Waals surface area contributed by atoms with Crippen LogP contribution in [-0.4, -0.2) is 23.9 Å². The molecule has 3 nitrogen and oxygen atoms in total. The Morgan fingerprint density at radius 3 is 3.07 bits per heavy atom. The van der Waals surface area contributed by atoms with Gasteiger partial charge in [0.25, 0.3) is 0 Å². The van der Waals surface area contributed by atoms with Gasteiger partial charge in [0.2, 0.25) is 0 Å². The van der Waals surface area contributed by atoms with Crippen LogP contribution in [-0.2, 0) is 6.42 Å². The van der Waals surface area contributed by atoms with Crippen molar-refractivity contribution in [2.45, 2.75) is 25.0 Å². The van der Waals surface area contributed by atoms with Crippen molar-refractivity contribution in [3.05, 3.63) is 29.8 Å². The molecule has 80 valence electrons. The normalized spacial score (nSPS) is 33.0. The van der Waals surface area contributed by atoms with E-state index in [9.17, 15) is 0 Å². The maximum atomic E-state index is 9.14. The molecule has 1 unspecified atom stereocenters. The second-order valence-electron chi connectivity index (χ2n) is 4.53. The summed E-state index contributed by atoms with van der Waals surface area (Å²) in [6, 6.07) is 8.73. The molecule has 3 rings (SSSR count). The first-order chi connectivity index (χ1) is 7.36. The predicted molar refractivity (Wildman–Crippen MR) is 59.7 cm³/mol. The van der Waals surface area contributed by atoms with Crippen molar-refractivity contribution in [3.8, 4) is 0 Å². The number of anilines is 1. The van der Waals surface area contributed by atoms with Crippen molar-refractivity contribution in [2.24, 2.45) is 5.92 Å². The summed E-state index contributed by atoms with van der Waals surface area (Å²) in [5.41, 5.74) is 2.64. The first kappa shape index (κ1) is 9.19. The minimum absolute atomic E-state index is 0.241. The maximum absolute atomic E-state index is 9.14. The fourth-order valence-electron chi connectivity index (χ4n) is 2.74. The lowest BCUT2D eigenvalue weighted by atomic mass is 9.90. The lowest BCUT2D eigenvalue weighted by Gasteiger charge is -2.29. The molecule has 0 spiro atoms. The van der Waals surface area contributed by atoms with Gasteiger partial charge in [0.05, 0.1) is 12.8 Å². The minimum Gasteiger partial charge on any atom is -0.395 e. The Kier molecular flexibility index (Phi) is 2.15. The molecule has 3 N–H and O–H groups in total. The molecular weight excluding hydrogens is 188 g/mol. The van der Waals surface area contributed by atoms with Crippen molar-refractivity contribution in [2.75, 3.05) is 11.9 Å². The van der Waals surface area contributed by atoms with E-state index in [4.69, 9.17) is 5.11 Å². The van der Waals surface area contributed by atoms with Gasteiger partial charge in [-0.05, 0) is 30.4 Å². The summed E-state index contributed by atoms with van der Waals surface area (Å²) in [5, 5.41) is 16.1. The van der Waals surface area contributed by atoms with E-state index in [1.165, 1.54) is 11.3 Å².